The van der Waals surface area contributed by atoms with Crippen LogP contribution in [0.4, 0.5) is 11.5 Å². The maximum Gasteiger partial charge on any atom is 0.269 e. The number of para-hydroxylation sites is 1. The Balaban J connectivity index is 0.00000405. The number of halogens is 1. The van der Waals surface area contributed by atoms with Gasteiger partial charge in [-0.2, -0.15) is 0 Å². The standard InChI is InChI=1S/C30H35ClN6O4.H2/c31-28-20-24(30(38)32-12-19-41-27-4-2-1-3-5-27)21-33-29(28)36-17-15-35(16-18-36)25-10-13-34(14-11-25)22-23-6-8-26(9-7-23)37(39)40;/h1-9,20-21,25H,10-19,22H2,(H,32,38);1H. The molecule has 0 spiro atoms. The molecule has 41 heavy (non-hydrogen) atoms. The molecule has 0 atom stereocenters. The van der Waals surface area contributed by atoms with Gasteiger partial charge in [0.2, 0.25) is 0 Å². The number of rotatable bonds is 10. The van der Waals surface area contributed by atoms with Gasteiger partial charge < -0.3 is 15.0 Å². The first kappa shape index (κ1) is 28.8. The number of carbonyl (C=O) groups excluding carboxylic acids is 1. The number of aromatic nitrogens is 1. The fourth-order valence-corrected chi connectivity index (χ4v) is 5.75. The molecule has 218 valence electrons. The zero-order valence-electron chi connectivity index (χ0n) is 23.0. The van der Waals surface area contributed by atoms with E-state index >= 15 is 0 Å². The van der Waals surface area contributed by atoms with Crippen LogP contribution in [-0.2, 0) is 6.54 Å². The summed E-state index contributed by atoms with van der Waals surface area (Å²) in [5, 5.41) is 14.2. The third kappa shape index (κ3) is 7.72. The first-order chi connectivity index (χ1) is 20.0. The normalized spacial score (nSPS) is 16.9. The number of ether oxygens (including phenoxy) is 1. The van der Waals surface area contributed by atoms with Gasteiger partial charge in [-0.15, -0.1) is 0 Å². The van der Waals surface area contributed by atoms with E-state index < -0.39 is 0 Å². The maximum atomic E-state index is 12.6. The summed E-state index contributed by atoms with van der Waals surface area (Å²) in [5.41, 5.74) is 1.66. The number of carbonyl (C=O) groups is 1. The lowest BCUT2D eigenvalue weighted by atomic mass is 10.0. The van der Waals surface area contributed by atoms with Gasteiger partial charge >= 0.3 is 0 Å². The second-order valence-corrected chi connectivity index (χ2v) is 10.8. The van der Waals surface area contributed by atoms with Gasteiger partial charge in [-0.25, -0.2) is 4.98 Å². The number of nitro benzene ring substituents is 1. The molecule has 0 radical (unpaired) electrons. The predicted molar refractivity (Wildman–Crippen MR) is 161 cm³/mol. The molecule has 11 heteroatoms. The van der Waals surface area contributed by atoms with E-state index in [4.69, 9.17) is 16.3 Å². The Morgan fingerprint density at radius 3 is 2.41 bits per heavy atom. The molecular formula is C30H37ClN6O4. The number of piperazine rings is 1. The average molecular weight is 581 g/mol. The molecule has 5 rings (SSSR count). The molecule has 3 heterocycles. The highest BCUT2D eigenvalue weighted by Gasteiger charge is 2.28. The molecule has 3 aromatic rings. The van der Waals surface area contributed by atoms with Crippen LogP contribution in [0.5, 0.6) is 5.75 Å². The van der Waals surface area contributed by atoms with Crippen molar-refractivity contribution in [1.82, 2.24) is 20.1 Å². The first-order valence-electron chi connectivity index (χ1n) is 14.0. The van der Waals surface area contributed by atoms with Gasteiger partial charge in [0.15, 0.2) is 0 Å². The van der Waals surface area contributed by atoms with Crippen LogP contribution in [0.3, 0.4) is 0 Å². The Bertz CT molecular complexity index is 1320. The minimum absolute atomic E-state index is 0. The number of nitrogens with one attached hydrogen (secondary N) is 1. The number of piperidine rings is 1. The Morgan fingerprint density at radius 1 is 1.05 bits per heavy atom. The molecule has 2 aliphatic heterocycles. The summed E-state index contributed by atoms with van der Waals surface area (Å²) in [6.07, 6.45) is 3.79. The van der Waals surface area contributed by atoms with Crippen molar-refractivity contribution < 1.29 is 15.9 Å². The number of pyridine rings is 1. The highest BCUT2D eigenvalue weighted by atomic mass is 35.5. The number of benzene rings is 2. The van der Waals surface area contributed by atoms with Crippen molar-refractivity contribution in [1.29, 1.82) is 0 Å². The minimum atomic E-state index is -0.362. The summed E-state index contributed by atoms with van der Waals surface area (Å²) < 4.78 is 5.62. The van der Waals surface area contributed by atoms with Crippen molar-refractivity contribution in [3.05, 3.63) is 93.1 Å². The van der Waals surface area contributed by atoms with Crippen molar-refractivity contribution in [3.8, 4) is 5.75 Å². The second kappa shape index (κ2) is 13.8. The predicted octanol–water partition coefficient (Wildman–Crippen LogP) is 4.48. The fraction of sp³-hybridized carbons (Fsp3) is 0.400. The summed E-state index contributed by atoms with van der Waals surface area (Å²) in [6, 6.07) is 18.6. The number of non-ortho nitro benzene ring substituents is 1. The van der Waals surface area contributed by atoms with Gasteiger partial charge in [-0.1, -0.05) is 41.9 Å². The van der Waals surface area contributed by atoms with Crippen LogP contribution in [0.25, 0.3) is 0 Å². The highest BCUT2D eigenvalue weighted by molar-refractivity contribution is 6.33. The number of likely N-dealkylation sites (tertiary alicyclic amines) is 1. The van der Waals surface area contributed by atoms with Gasteiger partial charge in [0, 0.05) is 58.5 Å². The molecule has 2 saturated heterocycles. The Labute approximate surface area is 246 Å². The maximum absolute atomic E-state index is 12.6. The van der Waals surface area contributed by atoms with Gasteiger partial charge in [-0.3, -0.25) is 24.7 Å². The van der Waals surface area contributed by atoms with E-state index in [1.165, 1.54) is 0 Å². The number of amides is 1. The van der Waals surface area contributed by atoms with Gasteiger partial charge in [0.05, 0.1) is 22.1 Å². The molecular weight excluding hydrogens is 544 g/mol. The van der Waals surface area contributed by atoms with Gasteiger partial charge in [0.1, 0.15) is 18.2 Å². The molecule has 1 amide bonds. The van der Waals surface area contributed by atoms with E-state index in [2.05, 4.69) is 25.0 Å². The SMILES string of the molecule is O=C(NCCOc1ccccc1)c1cnc(N2CCN(C3CCN(Cc4ccc([N+](=O)[O-])cc4)CC3)CC2)c(Cl)c1.[HH]. The van der Waals surface area contributed by atoms with Crippen molar-refractivity contribution in [3.63, 3.8) is 0 Å². The summed E-state index contributed by atoms with van der Waals surface area (Å²) in [6.45, 7) is 7.13. The van der Waals surface area contributed by atoms with Gasteiger partial charge in [-0.05, 0) is 49.7 Å². The fourth-order valence-electron chi connectivity index (χ4n) is 5.46. The lowest BCUT2D eigenvalue weighted by Crippen LogP contribution is -2.53. The van der Waals surface area contributed by atoms with Crippen LogP contribution in [0.15, 0.2) is 66.9 Å². The number of nitro groups is 1. The monoisotopic (exact) mass is 580 g/mol. The van der Waals surface area contributed by atoms with Crippen LogP contribution in [0.1, 0.15) is 30.2 Å². The summed E-state index contributed by atoms with van der Waals surface area (Å²) >= 11 is 6.58. The van der Waals surface area contributed by atoms with Crippen LogP contribution in [0, 0.1) is 10.1 Å². The molecule has 0 aliphatic carbocycles. The Morgan fingerprint density at radius 2 is 1.76 bits per heavy atom. The molecule has 10 nitrogen and oxygen atoms in total. The molecule has 1 aromatic heterocycles. The average Bonchev–Trinajstić information content (AvgIpc) is 3.00. The number of anilines is 1. The lowest BCUT2D eigenvalue weighted by Gasteiger charge is -2.43. The third-order valence-corrected chi connectivity index (χ3v) is 8.00. The largest absolute Gasteiger partial charge is 0.492 e. The van der Waals surface area contributed by atoms with Crippen LogP contribution >= 0.6 is 11.6 Å². The first-order valence-corrected chi connectivity index (χ1v) is 14.4. The molecule has 2 fully saturated rings. The van der Waals surface area contributed by atoms with Crippen molar-refractivity contribution in [2.24, 2.45) is 0 Å². The summed E-state index contributed by atoms with van der Waals surface area (Å²) in [5.74, 6) is 1.25. The molecule has 0 saturated carbocycles. The van der Waals surface area contributed by atoms with Crippen molar-refractivity contribution in [2.45, 2.75) is 25.4 Å². The van der Waals surface area contributed by atoms with E-state index in [0.717, 1.165) is 70.0 Å². The Kier molecular flexibility index (Phi) is 9.66. The zero-order valence-corrected chi connectivity index (χ0v) is 23.7. The van der Waals surface area contributed by atoms with Crippen LogP contribution in [-0.4, -0.2) is 84.1 Å². The van der Waals surface area contributed by atoms with E-state index in [9.17, 15) is 14.9 Å². The van der Waals surface area contributed by atoms with Crippen LogP contribution in [0.2, 0.25) is 5.02 Å². The van der Waals surface area contributed by atoms with E-state index in [1.54, 1.807) is 24.4 Å². The Hall–Kier alpha value is -3.73. The lowest BCUT2D eigenvalue weighted by molar-refractivity contribution is -0.384. The number of hydrogen-bond donors (Lipinski definition) is 1. The van der Waals surface area contributed by atoms with Crippen LogP contribution < -0.4 is 15.0 Å². The molecule has 1 N–H and O–H groups in total. The number of nitrogens with zero attached hydrogens (tertiary/aromatic N) is 5. The third-order valence-electron chi connectivity index (χ3n) is 7.72. The highest BCUT2D eigenvalue weighted by Crippen LogP contribution is 2.27. The topological polar surface area (TPSA) is 104 Å². The van der Waals surface area contributed by atoms with E-state index in [-0.39, 0.29) is 17.9 Å². The minimum Gasteiger partial charge on any atom is -0.492 e. The quantitative estimate of drug-likeness (QED) is 0.213. The summed E-state index contributed by atoms with van der Waals surface area (Å²) in [4.78, 5) is 34.8. The molecule has 0 unspecified atom stereocenters. The smallest absolute Gasteiger partial charge is 0.269 e. The van der Waals surface area contributed by atoms with E-state index in [0.29, 0.717) is 35.6 Å². The van der Waals surface area contributed by atoms with E-state index in [1.807, 2.05) is 42.5 Å². The molecule has 2 aromatic carbocycles. The molecule has 2 aliphatic rings. The van der Waals surface area contributed by atoms with Gasteiger partial charge in [0.25, 0.3) is 11.6 Å². The second-order valence-electron chi connectivity index (χ2n) is 10.4. The molecule has 0 bridgehead atoms. The van der Waals surface area contributed by atoms with Crippen molar-refractivity contribution in [2.75, 3.05) is 57.3 Å². The summed E-state index contributed by atoms with van der Waals surface area (Å²) in [7, 11) is 0. The zero-order chi connectivity index (χ0) is 28.6. The van der Waals surface area contributed by atoms with Crippen molar-refractivity contribution >= 4 is 29.0 Å². The number of hydrogen-bond acceptors (Lipinski definition) is 8.